The second kappa shape index (κ2) is 6.64. The van der Waals surface area contributed by atoms with Crippen LogP contribution in [0.15, 0.2) is 16.5 Å². The first-order valence-corrected chi connectivity index (χ1v) is 5.64. The molecule has 0 amide bonds. The molecule has 0 saturated heterocycles. The summed E-state index contributed by atoms with van der Waals surface area (Å²) in [4.78, 5) is 2.16. The molecule has 15 heavy (non-hydrogen) atoms. The van der Waals surface area contributed by atoms with E-state index in [9.17, 15) is 0 Å². The Morgan fingerprint density at radius 3 is 2.40 bits per heavy atom. The molecule has 1 rings (SSSR count). The summed E-state index contributed by atoms with van der Waals surface area (Å²) in [6, 6.07) is 4.17. The van der Waals surface area contributed by atoms with Gasteiger partial charge >= 0.3 is 0 Å². The van der Waals surface area contributed by atoms with Crippen molar-refractivity contribution in [2.75, 3.05) is 27.2 Å². The summed E-state index contributed by atoms with van der Waals surface area (Å²) in [5.41, 5.74) is 5.44. The molecule has 86 valence electrons. The Balaban J connectivity index is 2.29. The van der Waals surface area contributed by atoms with E-state index >= 15 is 0 Å². The highest BCUT2D eigenvalue weighted by Crippen LogP contribution is 2.11. The molecule has 2 N–H and O–H groups in total. The number of unbranched alkanes of at least 4 members (excludes halogenated alkanes) is 1. The number of rotatable bonds is 7. The van der Waals surface area contributed by atoms with Gasteiger partial charge in [-0.25, -0.2) is 0 Å². The molecule has 0 unspecified atom stereocenters. The molecule has 3 nitrogen and oxygen atoms in total. The van der Waals surface area contributed by atoms with E-state index in [-0.39, 0.29) is 0 Å². The van der Waals surface area contributed by atoms with Gasteiger partial charge in [0.05, 0.1) is 0 Å². The van der Waals surface area contributed by atoms with Crippen LogP contribution in [-0.2, 0) is 12.8 Å². The molecule has 0 fully saturated rings. The zero-order chi connectivity index (χ0) is 11.1. The topological polar surface area (TPSA) is 42.4 Å². The average Bonchev–Trinajstić information content (AvgIpc) is 2.63. The number of hydrogen-bond donors (Lipinski definition) is 1. The standard InChI is InChI=1S/C12H22N2O/c1-14(2)10-8-12-7-6-11(15-12)5-3-4-9-13/h6-7H,3-5,8-10,13H2,1-2H3. The molecule has 0 aliphatic rings. The van der Waals surface area contributed by atoms with Gasteiger partial charge < -0.3 is 15.1 Å². The maximum atomic E-state index is 5.71. The average molecular weight is 210 g/mol. The van der Waals surface area contributed by atoms with Crippen molar-refractivity contribution in [3.8, 4) is 0 Å². The summed E-state index contributed by atoms with van der Waals surface area (Å²) in [5.74, 6) is 2.18. The molecular weight excluding hydrogens is 188 g/mol. The third kappa shape index (κ3) is 5.00. The van der Waals surface area contributed by atoms with Gasteiger partial charge in [0, 0.05) is 19.4 Å². The van der Waals surface area contributed by atoms with Crippen LogP contribution in [0.5, 0.6) is 0 Å². The lowest BCUT2D eigenvalue weighted by Crippen LogP contribution is -2.14. The molecule has 0 atom stereocenters. The van der Waals surface area contributed by atoms with Crippen LogP contribution in [-0.4, -0.2) is 32.1 Å². The van der Waals surface area contributed by atoms with Gasteiger partial charge in [0.15, 0.2) is 0 Å². The predicted molar refractivity (Wildman–Crippen MR) is 63.0 cm³/mol. The van der Waals surface area contributed by atoms with Gasteiger partial charge in [-0.3, -0.25) is 0 Å². The fourth-order valence-corrected chi connectivity index (χ4v) is 1.47. The first-order chi connectivity index (χ1) is 7.22. The fraction of sp³-hybridized carbons (Fsp3) is 0.667. The van der Waals surface area contributed by atoms with Crippen LogP contribution in [0.3, 0.4) is 0 Å². The highest BCUT2D eigenvalue weighted by atomic mass is 16.3. The lowest BCUT2D eigenvalue weighted by atomic mass is 10.2. The summed E-state index contributed by atoms with van der Waals surface area (Å²) in [6.07, 6.45) is 4.20. The van der Waals surface area contributed by atoms with E-state index in [1.54, 1.807) is 0 Å². The maximum absolute atomic E-state index is 5.71. The van der Waals surface area contributed by atoms with E-state index in [2.05, 4.69) is 31.1 Å². The lowest BCUT2D eigenvalue weighted by molar-refractivity contribution is 0.381. The highest BCUT2D eigenvalue weighted by Gasteiger charge is 2.02. The molecule has 1 heterocycles. The van der Waals surface area contributed by atoms with Crippen molar-refractivity contribution in [2.24, 2.45) is 5.73 Å². The Labute approximate surface area is 92.2 Å². The van der Waals surface area contributed by atoms with Crippen molar-refractivity contribution < 1.29 is 4.42 Å². The fourth-order valence-electron chi connectivity index (χ4n) is 1.47. The van der Waals surface area contributed by atoms with Crippen LogP contribution in [0.4, 0.5) is 0 Å². The van der Waals surface area contributed by atoms with Crippen molar-refractivity contribution in [3.63, 3.8) is 0 Å². The van der Waals surface area contributed by atoms with E-state index in [1.807, 2.05) is 0 Å². The highest BCUT2D eigenvalue weighted by molar-refractivity contribution is 5.07. The van der Waals surface area contributed by atoms with Crippen molar-refractivity contribution in [1.29, 1.82) is 0 Å². The summed E-state index contributed by atoms with van der Waals surface area (Å²) < 4.78 is 5.71. The van der Waals surface area contributed by atoms with Crippen LogP contribution in [0.25, 0.3) is 0 Å². The van der Waals surface area contributed by atoms with Crippen LogP contribution >= 0.6 is 0 Å². The van der Waals surface area contributed by atoms with Gasteiger partial charge in [0.25, 0.3) is 0 Å². The number of furan rings is 1. The smallest absolute Gasteiger partial charge is 0.105 e. The third-order valence-electron chi connectivity index (χ3n) is 2.40. The van der Waals surface area contributed by atoms with Gasteiger partial charge in [-0.1, -0.05) is 0 Å². The first kappa shape index (κ1) is 12.3. The molecule has 1 aromatic rings. The van der Waals surface area contributed by atoms with Gasteiger partial charge in [0.1, 0.15) is 11.5 Å². The first-order valence-electron chi connectivity index (χ1n) is 5.64. The quantitative estimate of drug-likeness (QED) is 0.696. The third-order valence-corrected chi connectivity index (χ3v) is 2.40. The number of hydrogen-bond acceptors (Lipinski definition) is 3. The van der Waals surface area contributed by atoms with Crippen molar-refractivity contribution in [2.45, 2.75) is 25.7 Å². The lowest BCUT2D eigenvalue weighted by Gasteiger charge is -2.06. The molecule has 0 spiro atoms. The normalized spacial score (nSPS) is 11.2. The SMILES string of the molecule is CN(C)CCc1ccc(CCCCN)o1. The summed E-state index contributed by atoms with van der Waals surface area (Å²) in [6.45, 7) is 1.81. The van der Waals surface area contributed by atoms with E-state index in [1.165, 1.54) is 0 Å². The van der Waals surface area contributed by atoms with Gasteiger partial charge in [-0.05, 0) is 45.6 Å². The molecule has 3 heteroatoms. The molecular formula is C12H22N2O. The summed E-state index contributed by atoms with van der Waals surface area (Å²) in [5, 5.41) is 0. The van der Waals surface area contributed by atoms with Crippen LogP contribution in [0, 0.1) is 0 Å². The van der Waals surface area contributed by atoms with Gasteiger partial charge in [0.2, 0.25) is 0 Å². The Bertz CT molecular complexity index is 268. The number of likely N-dealkylation sites (N-methyl/N-ethyl adjacent to an activating group) is 1. The summed E-state index contributed by atoms with van der Waals surface area (Å²) >= 11 is 0. The van der Waals surface area contributed by atoms with E-state index in [4.69, 9.17) is 10.2 Å². The number of nitrogens with zero attached hydrogens (tertiary/aromatic N) is 1. The second-order valence-electron chi connectivity index (χ2n) is 4.17. The van der Waals surface area contributed by atoms with Crippen molar-refractivity contribution in [1.82, 2.24) is 4.90 Å². The zero-order valence-electron chi connectivity index (χ0n) is 9.83. The Morgan fingerprint density at radius 2 is 1.80 bits per heavy atom. The van der Waals surface area contributed by atoms with Crippen LogP contribution in [0.2, 0.25) is 0 Å². The molecule has 0 bridgehead atoms. The van der Waals surface area contributed by atoms with Gasteiger partial charge in [-0.2, -0.15) is 0 Å². The largest absolute Gasteiger partial charge is 0.466 e. The van der Waals surface area contributed by atoms with Gasteiger partial charge in [-0.15, -0.1) is 0 Å². The van der Waals surface area contributed by atoms with Crippen molar-refractivity contribution >= 4 is 0 Å². The minimum atomic E-state index is 0.772. The molecule has 0 radical (unpaired) electrons. The van der Waals surface area contributed by atoms with Crippen LogP contribution in [0.1, 0.15) is 24.4 Å². The molecule has 1 aromatic heterocycles. The van der Waals surface area contributed by atoms with Crippen molar-refractivity contribution in [3.05, 3.63) is 23.7 Å². The minimum Gasteiger partial charge on any atom is -0.466 e. The Hall–Kier alpha value is -0.800. The van der Waals surface area contributed by atoms with E-state index in [0.29, 0.717) is 0 Å². The minimum absolute atomic E-state index is 0.772. The van der Waals surface area contributed by atoms with E-state index < -0.39 is 0 Å². The molecule has 0 aliphatic heterocycles. The Kier molecular flexibility index (Phi) is 5.43. The number of aryl methyl sites for hydroxylation is 1. The molecule has 0 aliphatic carbocycles. The Morgan fingerprint density at radius 1 is 1.13 bits per heavy atom. The molecule has 0 saturated carbocycles. The predicted octanol–water partition coefficient (Wildman–Crippen LogP) is 1.67. The zero-order valence-corrected chi connectivity index (χ0v) is 9.83. The number of nitrogens with two attached hydrogens (primary N) is 1. The second-order valence-corrected chi connectivity index (χ2v) is 4.17. The summed E-state index contributed by atoms with van der Waals surface area (Å²) in [7, 11) is 4.15. The van der Waals surface area contributed by atoms with E-state index in [0.717, 1.165) is 50.3 Å². The monoisotopic (exact) mass is 210 g/mol. The van der Waals surface area contributed by atoms with Crippen LogP contribution < -0.4 is 5.73 Å². The maximum Gasteiger partial charge on any atom is 0.105 e. The molecule has 0 aromatic carbocycles.